The molecule has 0 bridgehead atoms. The van der Waals surface area contributed by atoms with E-state index < -0.39 is 12.0 Å². The normalized spacial score (nSPS) is 12.5. The van der Waals surface area contributed by atoms with Crippen LogP contribution in [0.15, 0.2) is 24.3 Å². The molecule has 0 saturated heterocycles. The molecule has 0 heterocycles. The van der Waals surface area contributed by atoms with Gasteiger partial charge in [0.15, 0.2) is 0 Å². The van der Waals surface area contributed by atoms with Gasteiger partial charge in [-0.15, -0.1) is 0 Å². The first kappa shape index (κ1) is 13.5. The third-order valence-corrected chi connectivity index (χ3v) is 2.72. The topological polar surface area (TPSA) is 49.8 Å². The molecule has 4 nitrogen and oxygen atoms in total. The zero-order valence-corrected chi connectivity index (χ0v) is 10.5. The Morgan fingerprint density at radius 2 is 2.24 bits per heavy atom. The smallest absolute Gasteiger partial charge is 0.320 e. The zero-order chi connectivity index (χ0) is 12.8. The molecular weight excluding hydrogens is 218 g/mol. The molecule has 1 aromatic carbocycles. The molecule has 0 radical (unpaired) electrons. The lowest BCUT2D eigenvalue weighted by Gasteiger charge is -2.20. The standard InChI is InChI=1S/C13H19NO3/c1-10-5-4-6-12(9-10)17-8-7-14(3)11(2)13(15)16/h4-6,9,11H,7-8H2,1-3H3,(H,15,16). The van der Waals surface area contributed by atoms with E-state index in [0.717, 1.165) is 11.3 Å². The van der Waals surface area contributed by atoms with Crippen molar-refractivity contribution in [3.8, 4) is 5.75 Å². The minimum Gasteiger partial charge on any atom is -0.492 e. The first-order valence-corrected chi connectivity index (χ1v) is 5.63. The molecule has 0 aliphatic carbocycles. The van der Waals surface area contributed by atoms with Gasteiger partial charge in [0, 0.05) is 6.54 Å². The molecule has 0 spiro atoms. The van der Waals surface area contributed by atoms with Gasteiger partial charge >= 0.3 is 5.97 Å². The number of carboxylic acids is 1. The second kappa shape index (κ2) is 6.25. The van der Waals surface area contributed by atoms with E-state index in [4.69, 9.17) is 9.84 Å². The minimum atomic E-state index is -0.817. The van der Waals surface area contributed by atoms with Gasteiger partial charge in [0.2, 0.25) is 0 Å². The van der Waals surface area contributed by atoms with Gasteiger partial charge in [0.25, 0.3) is 0 Å². The highest BCUT2D eigenvalue weighted by molar-refractivity contribution is 5.72. The first-order valence-electron chi connectivity index (χ1n) is 5.63. The van der Waals surface area contributed by atoms with Crippen LogP contribution in [0.4, 0.5) is 0 Å². The van der Waals surface area contributed by atoms with Gasteiger partial charge in [-0.1, -0.05) is 12.1 Å². The van der Waals surface area contributed by atoms with Crippen LogP contribution in [-0.4, -0.2) is 42.2 Å². The van der Waals surface area contributed by atoms with Crippen LogP contribution < -0.4 is 4.74 Å². The number of hydrogen-bond acceptors (Lipinski definition) is 3. The van der Waals surface area contributed by atoms with E-state index in [9.17, 15) is 4.79 Å². The van der Waals surface area contributed by atoms with Crippen LogP contribution >= 0.6 is 0 Å². The third kappa shape index (κ3) is 4.44. The first-order chi connectivity index (χ1) is 8.00. The number of aryl methyl sites for hydroxylation is 1. The number of hydrogen-bond donors (Lipinski definition) is 1. The summed E-state index contributed by atoms with van der Waals surface area (Å²) < 4.78 is 5.55. The lowest BCUT2D eigenvalue weighted by molar-refractivity contribution is -0.142. The van der Waals surface area contributed by atoms with Gasteiger partial charge in [0.05, 0.1) is 0 Å². The number of ether oxygens (including phenoxy) is 1. The Morgan fingerprint density at radius 1 is 1.53 bits per heavy atom. The fraction of sp³-hybridized carbons (Fsp3) is 0.462. The predicted molar refractivity (Wildman–Crippen MR) is 66.4 cm³/mol. The third-order valence-electron chi connectivity index (χ3n) is 2.72. The second-order valence-electron chi connectivity index (χ2n) is 4.16. The number of benzene rings is 1. The summed E-state index contributed by atoms with van der Waals surface area (Å²) in [6.45, 7) is 4.74. The van der Waals surface area contributed by atoms with Gasteiger partial charge in [-0.25, -0.2) is 0 Å². The van der Waals surface area contributed by atoms with E-state index in [1.807, 2.05) is 31.2 Å². The molecule has 4 heteroatoms. The number of aliphatic carboxylic acids is 1. The highest BCUT2D eigenvalue weighted by Gasteiger charge is 2.15. The molecule has 0 aliphatic heterocycles. The fourth-order valence-electron chi connectivity index (χ4n) is 1.39. The Bertz CT molecular complexity index is 379. The molecule has 0 aromatic heterocycles. The van der Waals surface area contributed by atoms with Gasteiger partial charge in [0.1, 0.15) is 18.4 Å². The van der Waals surface area contributed by atoms with Crippen LogP contribution in [0.1, 0.15) is 12.5 Å². The predicted octanol–water partition coefficient (Wildman–Crippen LogP) is 1.78. The number of carboxylic acid groups (broad SMARTS) is 1. The summed E-state index contributed by atoms with van der Waals surface area (Å²) in [6.07, 6.45) is 0. The Morgan fingerprint density at radius 3 is 2.82 bits per heavy atom. The van der Waals surface area contributed by atoms with Crippen LogP contribution in [0, 0.1) is 6.92 Å². The van der Waals surface area contributed by atoms with Crippen molar-refractivity contribution < 1.29 is 14.6 Å². The molecule has 0 amide bonds. The lowest BCUT2D eigenvalue weighted by Crippen LogP contribution is -2.38. The van der Waals surface area contributed by atoms with Crippen molar-refractivity contribution in [1.82, 2.24) is 4.90 Å². The lowest BCUT2D eigenvalue weighted by atomic mass is 10.2. The highest BCUT2D eigenvalue weighted by Crippen LogP contribution is 2.12. The summed E-state index contributed by atoms with van der Waals surface area (Å²) >= 11 is 0. The van der Waals surface area contributed by atoms with Gasteiger partial charge < -0.3 is 9.84 Å². The molecule has 1 aromatic rings. The molecule has 0 fully saturated rings. The van der Waals surface area contributed by atoms with Crippen molar-refractivity contribution in [3.05, 3.63) is 29.8 Å². The van der Waals surface area contributed by atoms with Crippen LogP contribution in [0.5, 0.6) is 5.75 Å². The fourth-order valence-corrected chi connectivity index (χ4v) is 1.39. The Labute approximate surface area is 102 Å². The molecule has 94 valence electrons. The monoisotopic (exact) mass is 237 g/mol. The second-order valence-corrected chi connectivity index (χ2v) is 4.16. The summed E-state index contributed by atoms with van der Waals surface area (Å²) in [7, 11) is 1.78. The van der Waals surface area contributed by atoms with E-state index in [1.54, 1.807) is 18.9 Å². The molecule has 0 saturated carbocycles. The van der Waals surface area contributed by atoms with E-state index in [-0.39, 0.29) is 0 Å². The van der Waals surface area contributed by atoms with Crippen molar-refractivity contribution >= 4 is 5.97 Å². The minimum absolute atomic E-state index is 0.484. The average molecular weight is 237 g/mol. The van der Waals surface area contributed by atoms with Crippen LogP contribution in [-0.2, 0) is 4.79 Å². The summed E-state index contributed by atoms with van der Waals surface area (Å²) in [5.41, 5.74) is 1.15. The summed E-state index contributed by atoms with van der Waals surface area (Å²) in [4.78, 5) is 12.5. The number of likely N-dealkylation sites (N-methyl/N-ethyl adjacent to an activating group) is 1. The van der Waals surface area contributed by atoms with E-state index in [2.05, 4.69) is 0 Å². The molecule has 17 heavy (non-hydrogen) atoms. The molecule has 1 N–H and O–H groups in total. The van der Waals surface area contributed by atoms with E-state index in [0.29, 0.717) is 13.2 Å². The summed E-state index contributed by atoms with van der Waals surface area (Å²) in [6, 6.07) is 7.31. The number of rotatable bonds is 6. The Balaban J connectivity index is 2.35. The average Bonchev–Trinajstić information content (AvgIpc) is 2.27. The zero-order valence-electron chi connectivity index (χ0n) is 10.5. The quantitative estimate of drug-likeness (QED) is 0.819. The van der Waals surface area contributed by atoms with Crippen LogP contribution in [0.3, 0.4) is 0 Å². The maximum atomic E-state index is 10.7. The number of carbonyl (C=O) groups is 1. The van der Waals surface area contributed by atoms with Crippen molar-refractivity contribution in [3.63, 3.8) is 0 Å². The Hall–Kier alpha value is -1.55. The molecule has 1 rings (SSSR count). The molecular formula is C13H19NO3. The SMILES string of the molecule is Cc1cccc(OCCN(C)C(C)C(=O)O)c1. The molecule has 1 unspecified atom stereocenters. The molecule has 0 aliphatic rings. The van der Waals surface area contributed by atoms with E-state index in [1.165, 1.54) is 0 Å². The van der Waals surface area contributed by atoms with Crippen molar-refractivity contribution in [2.75, 3.05) is 20.2 Å². The Kier molecular flexibility index (Phi) is 4.97. The molecule has 1 atom stereocenters. The summed E-state index contributed by atoms with van der Waals surface area (Å²) in [5, 5.41) is 8.82. The maximum Gasteiger partial charge on any atom is 0.320 e. The largest absolute Gasteiger partial charge is 0.492 e. The highest BCUT2D eigenvalue weighted by atomic mass is 16.5. The van der Waals surface area contributed by atoms with Crippen molar-refractivity contribution in [1.29, 1.82) is 0 Å². The van der Waals surface area contributed by atoms with Crippen molar-refractivity contribution in [2.24, 2.45) is 0 Å². The number of nitrogens with zero attached hydrogens (tertiary/aromatic N) is 1. The van der Waals surface area contributed by atoms with Gasteiger partial charge in [-0.3, -0.25) is 9.69 Å². The van der Waals surface area contributed by atoms with Gasteiger partial charge in [-0.2, -0.15) is 0 Å². The van der Waals surface area contributed by atoms with Crippen LogP contribution in [0.25, 0.3) is 0 Å². The maximum absolute atomic E-state index is 10.7. The van der Waals surface area contributed by atoms with Crippen molar-refractivity contribution in [2.45, 2.75) is 19.9 Å². The van der Waals surface area contributed by atoms with E-state index >= 15 is 0 Å². The van der Waals surface area contributed by atoms with Crippen LogP contribution in [0.2, 0.25) is 0 Å². The summed E-state index contributed by atoms with van der Waals surface area (Å²) in [5.74, 6) is 0.00411. The van der Waals surface area contributed by atoms with Gasteiger partial charge in [-0.05, 0) is 38.6 Å².